The molecule has 8 heteroatoms. The summed E-state index contributed by atoms with van der Waals surface area (Å²) < 4.78 is 0. The number of carbonyl (C=O) groups is 2. The molecule has 3 aliphatic rings. The van der Waals surface area contributed by atoms with Gasteiger partial charge in [-0.25, -0.2) is 0 Å². The van der Waals surface area contributed by atoms with Crippen LogP contribution in [0, 0.1) is 16.0 Å². The van der Waals surface area contributed by atoms with Crippen molar-refractivity contribution in [2.45, 2.75) is 63.8 Å². The molecule has 31 heavy (non-hydrogen) atoms. The summed E-state index contributed by atoms with van der Waals surface area (Å²) in [5.74, 6) is 0.119. The second-order valence-electron chi connectivity index (χ2n) is 9.06. The fraction of sp³-hybridized carbons (Fsp3) is 0.652. The Kier molecular flexibility index (Phi) is 6.73. The van der Waals surface area contributed by atoms with Crippen LogP contribution in [0.25, 0.3) is 0 Å². The molecular weight excluding hydrogens is 396 g/mol. The van der Waals surface area contributed by atoms with E-state index in [-0.39, 0.29) is 35.0 Å². The zero-order valence-corrected chi connectivity index (χ0v) is 18.1. The fourth-order valence-electron chi connectivity index (χ4n) is 5.11. The monoisotopic (exact) mass is 428 g/mol. The molecule has 2 aliphatic heterocycles. The number of nitro benzene ring substituents is 1. The molecule has 0 unspecified atom stereocenters. The normalized spacial score (nSPS) is 20.6. The van der Waals surface area contributed by atoms with Gasteiger partial charge in [0.25, 0.3) is 11.6 Å². The van der Waals surface area contributed by atoms with E-state index in [1.165, 1.54) is 12.5 Å². The molecule has 8 nitrogen and oxygen atoms in total. The molecule has 1 aromatic rings. The van der Waals surface area contributed by atoms with Crippen molar-refractivity contribution in [2.24, 2.45) is 5.92 Å². The van der Waals surface area contributed by atoms with Crippen LogP contribution in [0.2, 0.25) is 0 Å². The largest absolute Gasteiger partial charge is 0.371 e. The molecule has 2 heterocycles. The van der Waals surface area contributed by atoms with Crippen LogP contribution >= 0.6 is 0 Å². The van der Waals surface area contributed by atoms with Gasteiger partial charge in [0.05, 0.1) is 4.92 Å². The van der Waals surface area contributed by atoms with Crippen molar-refractivity contribution in [3.63, 3.8) is 0 Å². The van der Waals surface area contributed by atoms with Gasteiger partial charge in [-0.2, -0.15) is 0 Å². The van der Waals surface area contributed by atoms with Crippen molar-refractivity contribution in [3.8, 4) is 0 Å². The molecule has 3 fully saturated rings. The molecular formula is C23H32N4O4. The maximum atomic E-state index is 12.9. The number of hydrogen-bond acceptors (Lipinski definition) is 5. The van der Waals surface area contributed by atoms with Crippen LogP contribution in [-0.2, 0) is 4.79 Å². The van der Waals surface area contributed by atoms with E-state index in [2.05, 4.69) is 10.2 Å². The molecule has 1 aromatic carbocycles. The summed E-state index contributed by atoms with van der Waals surface area (Å²) in [6, 6.07) is 5.05. The van der Waals surface area contributed by atoms with Gasteiger partial charge in [0.2, 0.25) is 5.91 Å². The smallest absolute Gasteiger partial charge is 0.282 e. The van der Waals surface area contributed by atoms with Gasteiger partial charge >= 0.3 is 0 Å². The quantitative estimate of drug-likeness (QED) is 0.572. The first-order valence-electron chi connectivity index (χ1n) is 11.7. The first-order valence-corrected chi connectivity index (χ1v) is 11.7. The number of carbonyl (C=O) groups excluding carboxylic acids is 2. The Balaban J connectivity index is 1.39. The SMILES string of the molecule is O=C(NC1CCN(c2ccc([N+](=O)[O-])c(C(=O)N3CCCC3)c2)CC1)C1CCCCC1. The highest BCUT2D eigenvalue weighted by Gasteiger charge is 2.29. The van der Waals surface area contributed by atoms with Crippen molar-refractivity contribution in [2.75, 3.05) is 31.1 Å². The number of nitrogens with zero attached hydrogens (tertiary/aromatic N) is 3. The average molecular weight is 429 g/mol. The summed E-state index contributed by atoms with van der Waals surface area (Å²) in [5, 5.41) is 14.7. The molecule has 1 aliphatic carbocycles. The zero-order chi connectivity index (χ0) is 21.8. The molecule has 0 bridgehead atoms. The Morgan fingerprint density at radius 2 is 1.61 bits per heavy atom. The number of nitrogens with one attached hydrogen (secondary N) is 1. The molecule has 4 rings (SSSR count). The maximum Gasteiger partial charge on any atom is 0.282 e. The number of piperidine rings is 1. The van der Waals surface area contributed by atoms with Crippen molar-refractivity contribution in [1.29, 1.82) is 0 Å². The predicted molar refractivity (Wildman–Crippen MR) is 118 cm³/mol. The van der Waals surface area contributed by atoms with Crippen LogP contribution in [0.1, 0.15) is 68.1 Å². The Morgan fingerprint density at radius 1 is 0.935 bits per heavy atom. The van der Waals surface area contributed by atoms with Crippen LogP contribution in [0.4, 0.5) is 11.4 Å². The van der Waals surface area contributed by atoms with E-state index in [0.29, 0.717) is 13.1 Å². The van der Waals surface area contributed by atoms with Gasteiger partial charge in [-0.3, -0.25) is 19.7 Å². The minimum absolute atomic E-state index is 0.129. The number of amides is 2. The third-order valence-electron chi connectivity index (χ3n) is 6.98. The van der Waals surface area contributed by atoms with Gasteiger partial charge in [0.15, 0.2) is 0 Å². The van der Waals surface area contributed by atoms with Crippen LogP contribution in [0.15, 0.2) is 18.2 Å². The summed E-state index contributed by atoms with van der Waals surface area (Å²) in [6.07, 6.45) is 9.10. The summed E-state index contributed by atoms with van der Waals surface area (Å²) >= 11 is 0. The van der Waals surface area contributed by atoms with Crippen LogP contribution in [0.3, 0.4) is 0 Å². The summed E-state index contributed by atoms with van der Waals surface area (Å²) in [6.45, 7) is 2.83. The lowest BCUT2D eigenvalue weighted by atomic mass is 9.88. The topological polar surface area (TPSA) is 95.8 Å². The highest BCUT2D eigenvalue weighted by atomic mass is 16.6. The number of hydrogen-bond donors (Lipinski definition) is 1. The molecule has 0 radical (unpaired) electrons. The van der Waals surface area contributed by atoms with E-state index in [4.69, 9.17) is 0 Å². The Hall–Kier alpha value is -2.64. The molecule has 2 amide bonds. The number of rotatable bonds is 5. The van der Waals surface area contributed by atoms with Crippen molar-refractivity contribution >= 4 is 23.2 Å². The van der Waals surface area contributed by atoms with Crippen molar-refractivity contribution in [3.05, 3.63) is 33.9 Å². The highest BCUT2D eigenvalue weighted by molar-refractivity contribution is 5.99. The van der Waals surface area contributed by atoms with Gasteiger partial charge < -0.3 is 15.1 Å². The highest BCUT2D eigenvalue weighted by Crippen LogP contribution is 2.29. The zero-order valence-electron chi connectivity index (χ0n) is 18.1. The van der Waals surface area contributed by atoms with Crippen molar-refractivity contribution < 1.29 is 14.5 Å². The van der Waals surface area contributed by atoms with E-state index in [9.17, 15) is 19.7 Å². The lowest BCUT2D eigenvalue weighted by Gasteiger charge is -2.35. The van der Waals surface area contributed by atoms with Crippen LogP contribution < -0.4 is 10.2 Å². The molecule has 0 aromatic heterocycles. The summed E-state index contributed by atoms with van der Waals surface area (Å²) in [4.78, 5) is 40.3. The van der Waals surface area contributed by atoms with E-state index in [0.717, 1.165) is 70.1 Å². The molecule has 1 N–H and O–H groups in total. The minimum atomic E-state index is -0.472. The van der Waals surface area contributed by atoms with Gasteiger partial charge in [-0.15, -0.1) is 0 Å². The van der Waals surface area contributed by atoms with Gasteiger partial charge in [-0.1, -0.05) is 19.3 Å². The molecule has 168 valence electrons. The third-order valence-corrected chi connectivity index (χ3v) is 6.98. The van der Waals surface area contributed by atoms with Crippen molar-refractivity contribution in [1.82, 2.24) is 10.2 Å². The van der Waals surface area contributed by atoms with Crippen LogP contribution in [-0.4, -0.2) is 53.9 Å². The predicted octanol–water partition coefficient (Wildman–Crippen LogP) is 3.50. The summed E-state index contributed by atoms with van der Waals surface area (Å²) in [5.41, 5.74) is 0.887. The molecule has 1 saturated carbocycles. The number of benzene rings is 1. The number of anilines is 1. The first-order chi connectivity index (χ1) is 15.0. The summed E-state index contributed by atoms with van der Waals surface area (Å²) in [7, 11) is 0. The standard InChI is InChI=1S/C23H32N4O4/c28-22(17-6-2-1-3-7-17)24-18-10-14-25(15-11-18)19-8-9-21(27(30)31)20(16-19)23(29)26-12-4-5-13-26/h8-9,16-18H,1-7,10-15H2,(H,24,28). The number of likely N-dealkylation sites (tertiary alicyclic amines) is 1. The van der Waals surface area contributed by atoms with E-state index in [1.54, 1.807) is 17.0 Å². The van der Waals surface area contributed by atoms with Gasteiger partial charge in [0, 0.05) is 49.9 Å². The van der Waals surface area contributed by atoms with Gasteiger partial charge in [-0.05, 0) is 50.7 Å². The Labute approximate surface area is 183 Å². The lowest BCUT2D eigenvalue weighted by molar-refractivity contribution is -0.385. The third kappa shape index (κ3) is 4.99. The maximum absolute atomic E-state index is 12.9. The minimum Gasteiger partial charge on any atom is -0.371 e. The molecule has 2 saturated heterocycles. The first kappa shape index (κ1) is 21.6. The van der Waals surface area contributed by atoms with E-state index >= 15 is 0 Å². The van der Waals surface area contributed by atoms with Crippen LogP contribution in [0.5, 0.6) is 0 Å². The van der Waals surface area contributed by atoms with Gasteiger partial charge in [0.1, 0.15) is 5.56 Å². The Morgan fingerprint density at radius 3 is 2.26 bits per heavy atom. The average Bonchev–Trinajstić information content (AvgIpc) is 3.34. The lowest BCUT2D eigenvalue weighted by Crippen LogP contribution is -2.46. The second kappa shape index (κ2) is 9.66. The molecule has 0 atom stereocenters. The number of nitro groups is 1. The fourth-order valence-corrected chi connectivity index (χ4v) is 5.11. The van der Waals surface area contributed by atoms with E-state index in [1.807, 2.05) is 0 Å². The Bertz CT molecular complexity index is 823. The molecule has 0 spiro atoms. The second-order valence-corrected chi connectivity index (χ2v) is 9.06. The van der Waals surface area contributed by atoms with E-state index < -0.39 is 4.92 Å².